The topological polar surface area (TPSA) is 64.5 Å². The van der Waals surface area contributed by atoms with Gasteiger partial charge in [-0.25, -0.2) is 0 Å². The first-order valence-corrected chi connectivity index (χ1v) is 12.1. The van der Waals surface area contributed by atoms with Crippen molar-refractivity contribution in [2.75, 3.05) is 0 Å². The maximum absolute atomic E-state index is 10.4. The number of rotatable bonds is 8. The minimum Gasteiger partial charge on any atom is -0.393 e. The summed E-state index contributed by atoms with van der Waals surface area (Å²) in [5, 5.41) is 10.4. The van der Waals surface area contributed by atoms with E-state index < -0.39 is 6.10 Å². The van der Waals surface area contributed by atoms with Gasteiger partial charge in [0, 0.05) is 23.5 Å². The highest BCUT2D eigenvalue weighted by atomic mass is 16.5. The Kier molecular flexibility index (Phi) is 7.59. The molecule has 5 nitrogen and oxygen atoms in total. The van der Waals surface area contributed by atoms with Crippen molar-refractivity contribution in [3.63, 3.8) is 0 Å². The molecule has 178 valence electrons. The van der Waals surface area contributed by atoms with Gasteiger partial charge >= 0.3 is 0 Å². The van der Waals surface area contributed by atoms with Crippen molar-refractivity contribution in [3.05, 3.63) is 108 Å². The molecule has 1 aliphatic rings. The maximum Gasteiger partial charge on any atom is 0.0735 e. The maximum atomic E-state index is 10.4. The van der Waals surface area contributed by atoms with E-state index in [0.29, 0.717) is 26.1 Å². The number of aliphatic hydroxyl groups is 1. The van der Waals surface area contributed by atoms with E-state index in [0.717, 1.165) is 40.1 Å². The van der Waals surface area contributed by atoms with Crippen molar-refractivity contribution in [2.24, 2.45) is 0 Å². The molecule has 5 rings (SSSR count). The summed E-state index contributed by atoms with van der Waals surface area (Å²) in [6.07, 6.45) is 5.24. The predicted molar refractivity (Wildman–Crippen MR) is 136 cm³/mol. The Hall–Kier alpha value is -3.38. The molecule has 2 aromatic heterocycles. The number of hydrogen-bond acceptors (Lipinski definition) is 5. The van der Waals surface area contributed by atoms with Crippen molar-refractivity contribution in [1.82, 2.24) is 9.97 Å². The number of hydrogen-bond donors (Lipinski definition) is 1. The van der Waals surface area contributed by atoms with Crippen LogP contribution in [0.5, 0.6) is 0 Å². The predicted octanol–water partition coefficient (Wildman–Crippen LogP) is 5.83. The first-order valence-electron chi connectivity index (χ1n) is 12.1. The van der Waals surface area contributed by atoms with E-state index in [4.69, 9.17) is 9.47 Å². The van der Waals surface area contributed by atoms with Crippen molar-refractivity contribution in [1.29, 1.82) is 0 Å². The van der Waals surface area contributed by atoms with Gasteiger partial charge in [-0.05, 0) is 42.5 Å². The van der Waals surface area contributed by atoms with Crippen LogP contribution in [-0.4, -0.2) is 33.4 Å². The quantitative estimate of drug-likeness (QED) is 0.354. The second-order valence-electron chi connectivity index (χ2n) is 9.06. The molecule has 5 heteroatoms. The zero-order valence-electron chi connectivity index (χ0n) is 19.7. The van der Waals surface area contributed by atoms with E-state index in [1.165, 1.54) is 0 Å². The third-order valence-electron chi connectivity index (χ3n) is 6.36. The number of pyridine rings is 2. The third-order valence-corrected chi connectivity index (χ3v) is 6.36. The standard InChI is InChI=1S/C30H30N2O3/c33-26-15-27(34-20-22-11-13-29(31-18-22)24-7-3-1-4-8-24)17-28(16-26)35-21-23-12-14-30(32-19-23)25-9-5-2-6-10-25/h1-14,18-19,26-28,33H,15-17,20-21H2/t26?,27-,28+. The highest BCUT2D eigenvalue weighted by molar-refractivity contribution is 5.59. The van der Waals surface area contributed by atoms with Gasteiger partial charge in [0.15, 0.2) is 0 Å². The lowest BCUT2D eigenvalue weighted by Gasteiger charge is -2.32. The van der Waals surface area contributed by atoms with Crippen molar-refractivity contribution in [3.8, 4) is 22.5 Å². The highest BCUT2D eigenvalue weighted by Crippen LogP contribution is 2.26. The SMILES string of the molecule is OC1C[C@@H](OCc2ccc(-c3ccccc3)nc2)C[C@@H](OCc2ccc(-c3ccccc3)nc2)C1. The van der Waals surface area contributed by atoms with E-state index in [2.05, 4.69) is 46.4 Å². The van der Waals surface area contributed by atoms with Crippen LogP contribution in [0.1, 0.15) is 30.4 Å². The number of ether oxygens (including phenoxy) is 2. The zero-order valence-corrected chi connectivity index (χ0v) is 19.7. The molecule has 0 aliphatic heterocycles. The van der Waals surface area contributed by atoms with E-state index >= 15 is 0 Å². The molecule has 0 amide bonds. The van der Waals surface area contributed by atoms with Gasteiger partial charge in [0.05, 0.1) is 42.9 Å². The molecule has 35 heavy (non-hydrogen) atoms. The van der Waals surface area contributed by atoms with Gasteiger partial charge in [-0.1, -0.05) is 72.8 Å². The van der Waals surface area contributed by atoms with E-state index in [1.807, 2.05) is 60.9 Å². The molecule has 0 spiro atoms. The van der Waals surface area contributed by atoms with Crippen molar-refractivity contribution >= 4 is 0 Å². The van der Waals surface area contributed by atoms with E-state index in [9.17, 15) is 5.11 Å². The molecule has 1 saturated carbocycles. The van der Waals surface area contributed by atoms with Gasteiger partial charge in [0.1, 0.15) is 0 Å². The minimum atomic E-state index is -0.420. The van der Waals surface area contributed by atoms with Gasteiger partial charge in [-0.3, -0.25) is 9.97 Å². The molecule has 2 heterocycles. The van der Waals surface area contributed by atoms with Crippen LogP contribution < -0.4 is 0 Å². The molecular formula is C30H30N2O3. The Morgan fingerprint density at radius 3 is 1.46 bits per heavy atom. The molecule has 0 bridgehead atoms. The van der Waals surface area contributed by atoms with Gasteiger partial charge in [0.2, 0.25) is 0 Å². The molecule has 3 atom stereocenters. The van der Waals surface area contributed by atoms with Gasteiger partial charge in [-0.2, -0.15) is 0 Å². The molecular weight excluding hydrogens is 436 g/mol. The van der Waals surface area contributed by atoms with Crippen LogP contribution in [0.25, 0.3) is 22.5 Å². The lowest BCUT2D eigenvalue weighted by Crippen LogP contribution is -2.35. The summed E-state index contributed by atoms with van der Waals surface area (Å²) in [4.78, 5) is 9.14. The molecule has 4 aromatic rings. The number of benzene rings is 2. The summed E-state index contributed by atoms with van der Waals surface area (Å²) in [5.74, 6) is 0. The third kappa shape index (κ3) is 6.40. The largest absolute Gasteiger partial charge is 0.393 e. The summed E-state index contributed by atoms with van der Waals surface area (Å²) in [7, 11) is 0. The fourth-order valence-corrected chi connectivity index (χ4v) is 4.47. The fraction of sp³-hybridized carbons (Fsp3) is 0.267. The lowest BCUT2D eigenvalue weighted by atomic mass is 9.92. The summed E-state index contributed by atoms with van der Waals surface area (Å²) in [6.45, 7) is 0.939. The Labute approximate surface area is 206 Å². The van der Waals surface area contributed by atoms with Crippen LogP contribution in [0.2, 0.25) is 0 Å². The summed E-state index contributed by atoms with van der Waals surface area (Å²) < 4.78 is 12.3. The second kappa shape index (κ2) is 11.4. The van der Waals surface area contributed by atoms with Crippen LogP contribution in [0.3, 0.4) is 0 Å². The highest BCUT2D eigenvalue weighted by Gasteiger charge is 2.29. The smallest absolute Gasteiger partial charge is 0.0735 e. The van der Waals surface area contributed by atoms with Crippen molar-refractivity contribution in [2.45, 2.75) is 50.8 Å². The molecule has 2 aromatic carbocycles. The first-order chi connectivity index (χ1) is 17.2. The Bertz CT molecular complexity index is 1090. The molecule has 1 fully saturated rings. The summed E-state index contributed by atoms with van der Waals surface area (Å²) in [6, 6.07) is 28.4. The average molecular weight is 467 g/mol. The minimum absolute atomic E-state index is 0.0452. The van der Waals surface area contributed by atoms with Crippen LogP contribution >= 0.6 is 0 Å². The fourth-order valence-electron chi connectivity index (χ4n) is 4.47. The van der Waals surface area contributed by atoms with Gasteiger partial charge < -0.3 is 14.6 Å². The van der Waals surface area contributed by atoms with Crippen LogP contribution in [0.4, 0.5) is 0 Å². The number of aromatic nitrogens is 2. The Balaban J connectivity index is 1.11. The Morgan fingerprint density at radius 2 is 1.06 bits per heavy atom. The molecule has 1 N–H and O–H groups in total. The Morgan fingerprint density at radius 1 is 0.600 bits per heavy atom. The van der Waals surface area contributed by atoms with Crippen molar-refractivity contribution < 1.29 is 14.6 Å². The normalized spacial score (nSPS) is 20.0. The number of aliphatic hydroxyl groups excluding tert-OH is 1. The molecule has 0 radical (unpaired) electrons. The molecule has 0 saturated heterocycles. The van der Waals surface area contributed by atoms with Gasteiger partial charge in [-0.15, -0.1) is 0 Å². The summed E-state index contributed by atoms with van der Waals surface area (Å²) >= 11 is 0. The monoisotopic (exact) mass is 466 g/mol. The lowest BCUT2D eigenvalue weighted by molar-refractivity contribution is -0.0910. The number of nitrogens with zero attached hydrogens (tertiary/aromatic N) is 2. The summed E-state index contributed by atoms with van der Waals surface area (Å²) in [5.41, 5.74) is 6.13. The second-order valence-corrected chi connectivity index (χ2v) is 9.06. The van der Waals surface area contributed by atoms with Gasteiger partial charge in [0.25, 0.3) is 0 Å². The first kappa shape index (κ1) is 23.4. The average Bonchev–Trinajstić information content (AvgIpc) is 2.92. The van der Waals surface area contributed by atoms with E-state index in [1.54, 1.807) is 0 Å². The molecule has 1 unspecified atom stereocenters. The zero-order chi connectivity index (χ0) is 23.9. The molecule has 1 aliphatic carbocycles. The van der Waals surface area contributed by atoms with E-state index in [-0.39, 0.29) is 12.2 Å². The van der Waals surface area contributed by atoms with Crippen LogP contribution in [0, 0.1) is 0 Å². The van der Waals surface area contributed by atoms with Crippen LogP contribution in [-0.2, 0) is 22.7 Å². The van der Waals surface area contributed by atoms with Crippen LogP contribution in [0.15, 0.2) is 97.3 Å².